The van der Waals surface area contributed by atoms with E-state index in [9.17, 15) is 33.9 Å². The first-order valence-electron chi connectivity index (χ1n) is 16.0. The van der Waals surface area contributed by atoms with E-state index in [2.05, 4.69) is 21.3 Å². The summed E-state index contributed by atoms with van der Waals surface area (Å²) in [4.78, 5) is 69.0. The summed E-state index contributed by atoms with van der Waals surface area (Å²) in [6.45, 7) is 2.11. The Balaban J connectivity index is 3.71. The van der Waals surface area contributed by atoms with Crippen LogP contribution < -0.4 is 21.3 Å². The summed E-state index contributed by atoms with van der Waals surface area (Å²) in [7, 11) is 0. The minimum absolute atomic E-state index is 0.0286. The van der Waals surface area contributed by atoms with Gasteiger partial charge in [-0.05, 0) is 19.3 Å². The van der Waals surface area contributed by atoms with E-state index in [0.717, 1.165) is 44.9 Å². The van der Waals surface area contributed by atoms with Crippen molar-refractivity contribution in [2.45, 2.75) is 89.5 Å². The average molecular weight is 773 g/mol. The number of halogens is 1. The lowest BCUT2D eigenvalue weighted by Gasteiger charge is -2.14. The van der Waals surface area contributed by atoms with Gasteiger partial charge in [-0.1, -0.05) is 67.5 Å². The molecular formula is C30H53IN4O11. The largest absolute Gasteiger partial charge is 0.481 e. The highest BCUT2D eigenvalue weighted by Gasteiger charge is 2.20. The van der Waals surface area contributed by atoms with Gasteiger partial charge in [0.05, 0.1) is 37.5 Å². The molecule has 0 saturated heterocycles. The fraction of sp³-hybridized carbons (Fsp3) is 0.800. The second kappa shape index (κ2) is 31.1. The Morgan fingerprint density at radius 2 is 1.02 bits per heavy atom. The molecule has 0 fully saturated rings. The molecule has 1 atom stereocenters. The Labute approximate surface area is 285 Å². The normalized spacial score (nSPS) is 11.4. The van der Waals surface area contributed by atoms with Crippen LogP contribution in [-0.2, 0) is 43.0 Å². The summed E-state index contributed by atoms with van der Waals surface area (Å²) >= 11 is 1.97. The number of carbonyl (C=O) groups is 6. The lowest BCUT2D eigenvalue weighted by molar-refractivity contribution is -0.142. The van der Waals surface area contributed by atoms with Crippen molar-refractivity contribution >= 4 is 58.2 Å². The van der Waals surface area contributed by atoms with Crippen LogP contribution in [-0.4, -0.2) is 116 Å². The highest BCUT2D eigenvalue weighted by molar-refractivity contribution is 14.1. The first-order chi connectivity index (χ1) is 22.1. The summed E-state index contributed by atoms with van der Waals surface area (Å²) in [5.41, 5.74) is 0. The van der Waals surface area contributed by atoms with Crippen LogP contribution in [0.25, 0.3) is 0 Å². The van der Waals surface area contributed by atoms with Gasteiger partial charge in [0.1, 0.15) is 12.6 Å². The van der Waals surface area contributed by atoms with Gasteiger partial charge in [0, 0.05) is 38.9 Å². The Hall–Kier alpha value is -2.57. The summed E-state index contributed by atoms with van der Waals surface area (Å²) < 4.78 is 16.3. The van der Waals surface area contributed by atoms with Gasteiger partial charge >= 0.3 is 11.9 Å². The van der Waals surface area contributed by atoms with E-state index in [1.54, 1.807) is 0 Å². The molecule has 15 nitrogen and oxygen atoms in total. The molecule has 266 valence electrons. The molecule has 0 aromatic carbocycles. The molecule has 0 aliphatic rings. The number of nitrogens with one attached hydrogen (secondary N) is 4. The second-order valence-corrected chi connectivity index (χ2v) is 11.3. The molecule has 0 saturated carbocycles. The zero-order valence-electron chi connectivity index (χ0n) is 26.8. The van der Waals surface area contributed by atoms with E-state index in [4.69, 9.17) is 19.3 Å². The zero-order chi connectivity index (χ0) is 34.3. The van der Waals surface area contributed by atoms with Crippen LogP contribution in [0.4, 0.5) is 0 Å². The Kier molecular flexibility index (Phi) is 29.3. The number of carboxylic acid groups (broad SMARTS) is 2. The Morgan fingerprint density at radius 3 is 1.57 bits per heavy atom. The molecule has 0 heterocycles. The predicted octanol–water partition coefficient (Wildman–Crippen LogP) is 1.55. The van der Waals surface area contributed by atoms with Gasteiger partial charge in [-0.3, -0.25) is 24.0 Å². The molecule has 0 rings (SSSR count). The Morgan fingerprint density at radius 1 is 0.543 bits per heavy atom. The number of hydrogen-bond donors (Lipinski definition) is 6. The molecule has 0 aliphatic heterocycles. The molecule has 46 heavy (non-hydrogen) atoms. The van der Waals surface area contributed by atoms with Crippen molar-refractivity contribution in [3.05, 3.63) is 0 Å². The maximum atomic E-state index is 12.2. The number of hydrogen-bond acceptors (Lipinski definition) is 9. The number of aliphatic carboxylic acids is 2. The van der Waals surface area contributed by atoms with E-state index in [1.165, 1.54) is 0 Å². The lowest BCUT2D eigenvalue weighted by Crippen LogP contribution is -2.41. The smallest absolute Gasteiger partial charge is 0.326 e. The van der Waals surface area contributed by atoms with Crippen LogP contribution >= 0.6 is 22.6 Å². The van der Waals surface area contributed by atoms with Gasteiger partial charge in [-0.15, -0.1) is 0 Å². The predicted molar refractivity (Wildman–Crippen MR) is 178 cm³/mol. The average Bonchev–Trinajstić information content (AvgIpc) is 3.02. The number of unbranched alkanes of at least 4 members (excludes halogenated alkanes) is 8. The topological polar surface area (TPSA) is 219 Å². The number of carboxylic acids is 2. The SMILES string of the molecule is O=C(O)CCCCCCCCCCCC(=O)N[C@@H](CCC(=O)NCCOCCOCC(=O)NCCOCCNC(=O)CI)C(=O)O. The van der Waals surface area contributed by atoms with Crippen LogP contribution in [0.2, 0.25) is 0 Å². The molecule has 0 spiro atoms. The first-order valence-corrected chi connectivity index (χ1v) is 17.5. The third-order valence-corrected chi connectivity index (χ3v) is 7.21. The van der Waals surface area contributed by atoms with Gasteiger partial charge < -0.3 is 45.7 Å². The summed E-state index contributed by atoms with van der Waals surface area (Å²) in [6, 6.07) is -1.14. The molecule has 0 aliphatic carbocycles. The molecule has 16 heteroatoms. The van der Waals surface area contributed by atoms with Crippen molar-refractivity contribution in [1.29, 1.82) is 0 Å². The van der Waals surface area contributed by atoms with E-state index in [0.29, 0.717) is 43.6 Å². The Bertz CT molecular complexity index is 880. The van der Waals surface area contributed by atoms with E-state index in [1.807, 2.05) is 22.6 Å². The van der Waals surface area contributed by atoms with E-state index >= 15 is 0 Å². The van der Waals surface area contributed by atoms with Crippen LogP contribution in [0.3, 0.4) is 0 Å². The van der Waals surface area contributed by atoms with Gasteiger partial charge in [-0.25, -0.2) is 4.79 Å². The number of ether oxygens (including phenoxy) is 3. The standard InChI is InChI=1S/C30H53IN4O11/c31-22-27(38)33-15-17-44-18-16-34-28(39)23-46-21-20-45-19-14-32-25(36)13-12-24(30(42)43)35-26(37)10-8-6-4-2-1-3-5-7-9-11-29(40)41/h24H,1-23H2,(H,32,36)(H,33,38)(H,34,39)(H,35,37)(H,40,41)(H,42,43)/t24-/m0/s1. The van der Waals surface area contributed by atoms with Gasteiger partial charge in [-0.2, -0.15) is 0 Å². The number of amides is 4. The third-order valence-electron chi connectivity index (χ3n) is 6.52. The molecule has 0 aromatic rings. The van der Waals surface area contributed by atoms with Crippen LogP contribution in [0.1, 0.15) is 83.5 Å². The summed E-state index contributed by atoms with van der Waals surface area (Å²) in [5, 5.41) is 28.5. The summed E-state index contributed by atoms with van der Waals surface area (Å²) in [5.74, 6) is -3.00. The van der Waals surface area contributed by atoms with Crippen molar-refractivity contribution in [1.82, 2.24) is 21.3 Å². The molecular weight excluding hydrogens is 719 g/mol. The number of carbonyl (C=O) groups excluding carboxylic acids is 4. The zero-order valence-corrected chi connectivity index (χ0v) is 28.9. The van der Waals surface area contributed by atoms with Crippen molar-refractivity contribution in [3.8, 4) is 0 Å². The van der Waals surface area contributed by atoms with Gasteiger partial charge in [0.15, 0.2) is 0 Å². The molecule has 0 radical (unpaired) electrons. The van der Waals surface area contributed by atoms with Crippen molar-refractivity contribution in [2.75, 3.05) is 63.7 Å². The quantitative estimate of drug-likeness (QED) is 0.0328. The fourth-order valence-electron chi connectivity index (χ4n) is 4.06. The molecule has 0 unspecified atom stereocenters. The highest BCUT2D eigenvalue weighted by Crippen LogP contribution is 2.11. The second-order valence-electron chi connectivity index (χ2n) is 10.5. The van der Waals surface area contributed by atoms with E-state index < -0.39 is 18.0 Å². The minimum atomic E-state index is -1.19. The molecule has 4 amide bonds. The van der Waals surface area contributed by atoms with Crippen molar-refractivity contribution < 1.29 is 53.2 Å². The molecule has 0 bridgehead atoms. The van der Waals surface area contributed by atoms with Crippen LogP contribution in [0.5, 0.6) is 0 Å². The fourth-order valence-corrected chi connectivity index (χ4v) is 4.33. The van der Waals surface area contributed by atoms with Crippen molar-refractivity contribution in [3.63, 3.8) is 0 Å². The van der Waals surface area contributed by atoms with Crippen LogP contribution in [0.15, 0.2) is 0 Å². The van der Waals surface area contributed by atoms with Crippen molar-refractivity contribution in [2.24, 2.45) is 0 Å². The number of rotatable bonds is 32. The van der Waals surface area contributed by atoms with Gasteiger partial charge in [0.2, 0.25) is 23.6 Å². The maximum absolute atomic E-state index is 12.2. The lowest BCUT2D eigenvalue weighted by atomic mass is 10.1. The summed E-state index contributed by atoms with van der Waals surface area (Å²) in [6.07, 6.45) is 8.74. The maximum Gasteiger partial charge on any atom is 0.326 e. The number of alkyl halides is 1. The van der Waals surface area contributed by atoms with Crippen LogP contribution in [0, 0.1) is 0 Å². The molecule has 0 aromatic heterocycles. The third kappa shape index (κ3) is 30.1. The van der Waals surface area contributed by atoms with E-state index in [-0.39, 0.29) is 82.3 Å². The highest BCUT2D eigenvalue weighted by atomic mass is 127. The minimum Gasteiger partial charge on any atom is -0.481 e. The first kappa shape index (κ1) is 43.4. The monoisotopic (exact) mass is 772 g/mol. The van der Waals surface area contributed by atoms with Gasteiger partial charge in [0.25, 0.3) is 0 Å². The molecule has 6 N–H and O–H groups in total.